The van der Waals surface area contributed by atoms with Crippen LogP contribution in [0.25, 0.3) is 0 Å². The summed E-state index contributed by atoms with van der Waals surface area (Å²) < 4.78 is 26.0. The molecular formula is C11H14Cl3NO2S2. The maximum atomic E-state index is 12.4. The Bertz CT molecular complexity index is 549. The molecule has 0 fully saturated rings. The predicted octanol–water partition coefficient (Wildman–Crippen LogP) is 3.72. The predicted molar refractivity (Wildman–Crippen MR) is 84.2 cm³/mol. The zero-order chi connectivity index (χ0) is 14.6. The van der Waals surface area contributed by atoms with Gasteiger partial charge in [0.1, 0.15) is 4.90 Å². The van der Waals surface area contributed by atoms with E-state index in [1.54, 1.807) is 11.8 Å². The Kier molecular flexibility index (Phi) is 6.76. The second kappa shape index (κ2) is 7.38. The van der Waals surface area contributed by atoms with Gasteiger partial charge < -0.3 is 0 Å². The smallest absolute Gasteiger partial charge is 0.207 e. The molecule has 1 aromatic carbocycles. The van der Waals surface area contributed by atoms with Crippen LogP contribution in [0.1, 0.15) is 5.56 Å². The van der Waals surface area contributed by atoms with Crippen molar-refractivity contribution >= 4 is 56.6 Å². The summed E-state index contributed by atoms with van der Waals surface area (Å²) in [6.45, 7) is 0.415. The Morgan fingerprint density at radius 3 is 2.42 bits per heavy atom. The molecule has 0 aliphatic heterocycles. The summed E-state index contributed by atoms with van der Waals surface area (Å²) in [5, 5.41) is 0.473. The van der Waals surface area contributed by atoms with E-state index in [-0.39, 0.29) is 15.8 Å². The largest absolute Gasteiger partial charge is 0.244 e. The second-order valence-electron chi connectivity index (χ2n) is 3.83. The van der Waals surface area contributed by atoms with E-state index in [2.05, 4.69) is 0 Å². The first-order chi connectivity index (χ1) is 8.84. The molecule has 0 heterocycles. The molecule has 0 unspecified atom stereocenters. The maximum Gasteiger partial charge on any atom is 0.244 e. The fraction of sp³-hybridized carbons (Fsp3) is 0.455. The van der Waals surface area contributed by atoms with Crippen LogP contribution >= 0.6 is 46.6 Å². The number of rotatable bonds is 6. The highest BCUT2D eigenvalue weighted by Crippen LogP contribution is 2.31. The van der Waals surface area contributed by atoms with Gasteiger partial charge in [0.15, 0.2) is 0 Å². The lowest BCUT2D eigenvalue weighted by molar-refractivity contribution is 0.488. The lowest BCUT2D eigenvalue weighted by Crippen LogP contribution is -2.29. The maximum absolute atomic E-state index is 12.4. The lowest BCUT2D eigenvalue weighted by Gasteiger charge is -2.18. The molecule has 0 amide bonds. The first kappa shape index (κ1) is 17.4. The van der Waals surface area contributed by atoms with Crippen LogP contribution in [0.5, 0.6) is 0 Å². The number of nitrogens with zero attached hydrogens (tertiary/aromatic N) is 1. The molecular weight excluding hydrogens is 349 g/mol. The molecule has 0 aliphatic rings. The molecule has 0 saturated carbocycles. The molecule has 108 valence electrons. The van der Waals surface area contributed by atoms with Crippen molar-refractivity contribution in [2.24, 2.45) is 0 Å². The van der Waals surface area contributed by atoms with Crippen LogP contribution in [0.3, 0.4) is 0 Å². The Hall–Kier alpha value is 0.350. The minimum atomic E-state index is -3.62. The van der Waals surface area contributed by atoms with E-state index >= 15 is 0 Å². The van der Waals surface area contributed by atoms with E-state index < -0.39 is 10.0 Å². The molecule has 1 rings (SSSR count). The van der Waals surface area contributed by atoms with E-state index in [9.17, 15) is 8.42 Å². The molecule has 0 N–H and O–H groups in total. The van der Waals surface area contributed by atoms with Crippen LogP contribution in [0.15, 0.2) is 17.0 Å². The number of benzene rings is 1. The number of hydrogen-bond donors (Lipinski definition) is 0. The summed E-state index contributed by atoms with van der Waals surface area (Å²) in [5.74, 6) is 0.844. The SMILES string of the molecule is CSCCN(C)S(=O)(=O)c1cc(CCl)c(Cl)cc1Cl. The molecule has 1 aromatic rings. The van der Waals surface area contributed by atoms with Crippen molar-refractivity contribution in [3.05, 3.63) is 27.7 Å². The third-order valence-electron chi connectivity index (χ3n) is 2.54. The average Bonchev–Trinajstić information content (AvgIpc) is 2.35. The van der Waals surface area contributed by atoms with Crippen molar-refractivity contribution in [1.82, 2.24) is 4.31 Å². The normalized spacial score (nSPS) is 12.1. The summed E-state index contributed by atoms with van der Waals surface area (Å²) in [4.78, 5) is 0.0396. The van der Waals surface area contributed by atoms with Crippen LogP contribution < -0.4 is 0 Å². The first-order valence-corrected chi connectivity index (χ1v) is 9.46. The van der Waals surface area contributed by atoms with Crippen LogP contribution in [-0.4, -0.2) is 38.3 Å². The second-order valence-corrected chi connectivity index (χ2v) is 7.91. The number of sulfonamides is 1. The summed E-state index contributed by atoms with van der Waals surface area (Å²) in [7, 11) is -2.10. The first-order valence-electron chi connectivity index (χ1n) is 5.33. The highest BCUT2D eigenvalue weighted by Gasteiger charge is 2.24. The monoisotopic (exact) mass is 361 g/mol. The van der Waals surface area contributed by atoms with Crippen LogP contribution in [0.4, 0.5) is 0 Å². The number of alkyl halides is 1. The summed E-state index contributed by atoms with van der Waals surface area (Å²) in [5.41, 5.74) is 0.546. The molecule has 0 aromatic heterocycles. The Morgan fingerprint density at radius 1 is 1.26 bits per heavy atom. The minimum Gasteiger partial charge on any atom is -0.207 e. The Balaban J connectivity index is 3.21. The molecule has 0 radical (unpaired) electrons. The fourth-order valence-electron chi connectivity index (χ4n) is 1.38. The average molecular weight is 363 g/mol. The van der Waals surface area contributed by atoms with Gasteiger partial charge in [-0.3, -0.25) is 0 Å². The third-order valence-corrected chi connectivity index (χ3v) is 6.10. The van der Waals surface area contributed by atoms with Gasteiger partial charge in [0.2, 0.25) is 10.0 Å². The van der Waals surface area contributed by atoms with Crippen LogP contribution in [0, 0.1) is 0 Å². The summed E-state index contributed by atoms with van der Waals surface area (Å²) in [6.07, 6.45) is 1.92. The van der Waals surface area contributed by atoms with Gasteiger partial charge in [0, 0.05) is 30.2 Å². The van der Waals surface area contributed by atoms with Crippen molar-refractivity contribution in [2.75, 3.05) is 25.6 Å². The molecule has 0 bridgehead atoms. The number of hydrogen-bond acceptors (Lipinski definition) is 3. The van der Waals surface area contributed by atoms with Crippen molar-refractivity contribution in [2.45, 2.75) is 10.8 Å². The van der Waals surface area contributed by atoms with Gasteiger partial charge in [-0.2, -0.15) is 11.8 Å². The van der Waals surface area contributed by atoms with Gasteiger partial charge in [-0.15, -0.1) is 11.6 Å². The molecule has 0 aliphatic carbocycles. The number of thioether (sulfide) groups is 1. The topological polar surface area (TPSA) is 37.4 Å². The van der Waals surface area contributed by atoms with E-state index in [4.69, 9.17) is 34.8 Å². The van der Waals surface area contributed by atoms with Crippen LogP contribution in [0.2, 0.25) is 10.0 Å². The minimum absolute atomic E-state index is 0.0396. The highest BCUT2D eigenvalue weighted by molar-refractivity contribution is 7.98. The quantitative estimate of drug-likeness (QED) is 0.724. The molecule has 0 saturated heterocycles. The summed E-state index contributed by atoms with van der Waals surface area (Å²) in [6, 6.07) is 2.85. The molecule has 0 atom stereocenters. The molecule has 19 heavy (non-hydrogen) atoms. The summed E-state index contributed by atoms with van der Waals surface area (Å²) >= 11 is 19.2. The fourth-order valence-corrected chi connectivity index (χ4v) is 4.25. The van der Waals surface area contributed by atoms with Gasteiger partial charge in [-0.25, -0.2) is 12.7 Å². The van der Waals surface area contributed by atoms with Gasteiger partial charge >= 0.3 is 0 Å². The lowest BCUT2D eigenvalue weighted by atomic mass is 10.2. The zero-order valence-corrected chi connectivity index (χ0v) is 14.4. The van der Waals surface area contributed by atoms with Gasteiger partial charge in [0.25, 0.3) is 0 Å². The van der Waals surface area contributed by atoms with E-state index in [1.165, 1.54) is 23.5 Å². The highest BCUT2D eigenvalue weighted by atomic mass is 35.5. The van der Waals surface area contributed by atoms with Gasteiger partial charge in [-0.1, -0.05) is 23.2 Å². The van der Waals surface area contributed by atoms with Crippen molar-refractivity contribution in [3.8, 4) is 0 Å². The molecule has 3 nitrogen and oxygen atoms in total. The number of halogens is 3. The van der Waals surface area contributed by atoms with E-state index in [1.807, 2.05) is 6.26 Å². The van der Waals surface area contributed by atoms with E-state index in [0.717, 1.165) is 0 Å². The van der Waals surface area contributed by atoms with Crippen molar-refractivity contribution in [1.29, 1.82) is 0 Å². The van der Waals surface area contributed by atoms with Crippen molar-refractivity contribution in [3.63, 3.8) is 0 Å². The van der Waals surface area contributed by atoms with E-state index in [0.29, 0.717) is 22.9 Å². The molecule has 8 heteroatoms. The Morgan fingerprint density at radius 2 is 1.89 bits per heavy atom. The third kappa shape index (κ3) is 4.16. The van der Waals surface area contributed by atoms with Crippen LogP contribution in [-0.2, 0) is 15.9 Å². The van der Waals surface area contributed by atoms with Gasteiger partial charge in [0.05, 0.1) is 5.02 Å². The Labute approximate surface area is 133 Å². The standard InChI is InChI=1S/C11H14Cl3NO2S2/c1-15(3-4-18-2)19(16,17)11-5-8(7-12)9(13)6-10(11)14/h5-6H,3-4,7H2,1-2H3. The van der Waals surface area contributed by atoms with Gasteiger partial charge in [-0.05, 0) is 24.0 Å². The zero-order valence-electron chi connectivity index (χ0n) is 10.5. The van der Waals surface area contributed by atoms with Crippen molar-refractivity contribution < 1.29 is 8.42 Å². The molecule has 0 spiro atoms.